The Morgan fingerprint density at radius 1 is 1.18 bits per heavy atom. The Bertz CT molecular complexity index is 1150. The number of H-pyrrole nitrogens is 1. The number of nitrogens with one attached hydrogen (secondary N) is 1. The molecule has 8 heteroatoms. The number of fused-ring (bicyclic) bond motifs is 2. The number of rotatable bonds is 4. The lowest BCUT2D eigenvalue weighted by Crippen LogP contribution is -2.37. The van der Waals surface area contributed by atoms with Crippen molar-refractivity contribution in [2.75, 3.05) is 31.2 Å². The minimum absolute atomic E-state index is 0.502. The van der Waals surface area contributed by atoms with E-state index in [0.29, 0.717) is 25.6 Å². The van der Waals surface area contributed by atoms with Gasteiger partial charge in [-0.25, -0.2) is 4.98 Å². The average molecular weight is 375 g/mol. The number of para-hydroxylation sites is 1. The smallest absolute Gasteiger partial charge is 0.179 e. The summed E-state index contributed by atoms with van der Waals surface area (Å²) in [5.74, 6) is 1.57. The second kappa shape index (κ2) is 7.05. The molecule has 28 heavy (non-hydrogen) atoms. The molecule has 1 N–H and O–H groups in total. The van der Waals surface area contributed by atoms with Gasteiger partial charge < -0.3 is 14.6 Å². The van der Waals surface area contributed by atoms with Gasteiger partial charge >= 0.3 is 0 Å². The van der Waals surface area contributed by atoms with Crippen LogP contribution in [-0.4, -0.2) is 45.9 Å². The molecule has 1 saturated heterocycles. The Balaban J connectivity index is 1.45. The highest BCUT2D eigenvalue weighted by Crippen LogP contribution is 2.24. The van der Waals surface area contributed by atoms with Crippen molar-refractivity contribution in [2.45, 2.75) is 13.5 Å². The maximum atomic E-state index is 5.48. The summed E-state index contributed by atoms with van der Waals surface area (Å²) in [7, 11) is 0. The number of aryl methyl sites for hydroxylation is 1. The van der Waals surface area contributed by atoms with Gasteiger partial charge in [0.15, 0.2) is 11.5 Å². The lowest BCUT2D eigenvalue weighted by atomic mass is 10.2. The second-order valence-corrected chi connectivity index (χ2v) is 6.89. The summed E-state index contributed by atoms with van der Waals surface area (Å²) in [5, 5.41) is 14.6. The quantitative estimate of drug-likeness (QED) is 0.552. The number of aromatic amines is 1. The molecule has 0 radical (unpaired) electrons. The average Bonchev–Trinajstić information content (AvgIpc) is 3.31. The van der Waals surface area contributed by atoms with Crippen LogP contribution in [0.4, 0.5) is 11.6 Å². The van der Waals surface area contributed by atoms with Crippen LogP contribution in [0.1, 0.15) is 11.3 Å². The monoisotopic (exact) mass is 375 g/mol. The van der Waals surface area contributed by atoms with Gasteiger partial charge in [0.25, 0.3) is 0 Å². The fraction of sp³-hybridized carbons (Fsp3) is 0.300. The summed E-state index contributed by atoms with van der Waals surface area (Å²) < 4.78 is 7.35. The molecule has 0 aliphatic carbocycles. The first-order valence-electron chi connectivity index (χ1n) is 9.40. The summed E-state index contributed by atoms with van der Waals surface area (Å²) in [6.45, 7) is 5.54. The Morgan fingerprint density at radius 2 is 2.04 bits per heavy atom. The van der Waals surface area contributed by atoms with Crippen LogP contribution in [0.2, 0.25) is 0 Å². The molecule has 4 aromatic rings. The molecule has 142 valence electrons. The molecule has 3 aromatic heterocycles. The zero-order valence-electron chi connectivity index (χ0n) is 15.7. The number of hydrogen-bond donors (Lipinski definition) is 1. The zero-order chi connectivity index (χ0) is 18.9. The minimum Gasteiger partial charge on any atom is -0.378 e. The third-order valence-corrected chi connectivity index (χ3v) is 4.94. The number of ether oxygens (including phenoxy) is 1. The van der Waals surface area contributed by atoms with Gasteiger partial charge in [0.05, 0.1) is 25.5 Å². The number of aromatic nitrogens is 4. The van der Waals surface area contributed by atoms with E-state index in [9.17, 15) is 0 Å². The van der Waals surface area contributed by atoms with Crippen molar-refractivity contribution in [3.05, 3.63) is 53.9 Å². The molecule has 1 aliphatic rings. The zero-order valence-corrected chi connectivity index (χ0v) is 15.7. The molecule has 0 amide bonds. The fourth-order valence-corrected chi connectivity index (χ4v) is 3.58. The van der Waals surface area contributed by atoms with Crippen molar-refractivity contribution in [1.82, 2.24) is 19.6 Å². The largest absolute Gasteiger partial charge is 0.378 e. The number of benzene rings is 1. The van der Waals surface area contributed by atoms with Gasteiger partial charge in [0.1, 0.15) is 5.82 Å². The van der Waals surface area contributed by atoms with E-state index in [1.165, 1.54) is 5.39 Å². The topological polar surface area (TPSA) is 83.2 Å². The molecule has 1 aromatic carbocycles. The highest BCUT2D eigenvalue weighted by Gasteiger charge is 2.17. The third kappa shape index (κ3) is 3.11. The van der Waals surface area contributed by atoms with Crippen LogP contribution in [-0.2, 0) is 11.3 Å². The van der Waals surface area contributed by atoms with Crippen LogP contribution in [0.25, 0.3) is 16.6 Å². The standard InChI is InChI=1S/C20H21N7O/c1-14-10-19-23-18(11-20(27(19)25-14)26-6-8-28-9-7-26)24-22-13-15-12-21-17-5-3-2-4-16(15)17/h2-5,10-12,21H,6-9,13H2,1H3. The van der Waals surface area contributed by atoms with E-state index in [-0.39, 0.29) is 0 Å². The summed E-state index contributed by atoms with van der Waals surface area (Å²) in [4.78, 5) is 10.1. The van der Waals surface area contributed by atoms with Gasteiger partial charge in [-0.3, -0.25) is 0 Å². The first-order valence-corrected chi connectivity index (χ1v) is 9.40. The van der Waals surface area contributed by atoms with E-state index in [1.54, 1.807) is 0 Å². The summed E-state index contributed by atoms with van der Waals surface area (Å²) in [6, 6.07) is 12.1. The van der Waals surface area contributed by atoms with E-state index in [4.69, 9.17) is 4.74 Å². The van der Waals surface area contributed by atoms with Crippen LogP contribution in [0.3, 0.4) is 0 Å². The van der Waals surface area contributed by atoms with Crippen LogP contribution in [0.5, 0.6) is 0 Å². The Morgan fingerprint density at radius 3 is 2.93 bits per heavy atom. The Labute approximate surface area is 161 Å². The van der Waals surface area contributed by atoms with Crippen molar-refractivity contribution >= 4 is 28.2 Å². The molecule has 8 nitrogen and oxygen atoms in total. The molecule has 0 unspecified atom stereocenters. The highest BCUT2D eigenvalue weighted by molar-refractivity contribution is 5.82. The summed E-state index contributed by atoms with van der Waals surface area (Å²) in [6.07, 6.45) is 1.99. The number of anilines is 1. The fourth-order valence-electron chi connectivity index (χ4n) is 3.58. The van der Waals surface area contributed by atoms with E-state index in [2.05, 4.69) is 42.3 Å². The van der Waals surface area contributed by atoms with Gasteiger partial charge in [0, 0.05) is 47.9 Å². The van der Waals surface area contributed by atoms with Crippen LogP contribution in [0.15, 0.2) is 52.8 Å². The van der Waals surface area contributed by atoms with Crippen molar-refractivity contribution in [3.8, 4) is 0 Å². The maximum Gasteiger partial charge on any atom is 0.179 e. The SMILES string of the molecule is Cc1cc2nc(N=NCc3c[nH]c4ccccc34)cc(N3CCOCC3)n2n1. The van der Waals surface area contributed by atoms with Crippen molar-refractivity contribution < 1.29 is 4.74 Å². The molecular formula is C20H21N7O. The predicted molar refractivity (Wildman–Crippen MR) is 107 cm³/mol. The van der Waals surface area contributed by atoms with Crippen molar-refractivity contribution in [2.24, 2.45) is 10.2 Å². The predicted octanol–water partition coefficient (Wildman–Crippen LogP) is 3.64. The molecule has 0 saturated carbocycles. The lowest BCUT2D eigenvalue weighted by Gasteiger charge is -2.28. The Hall–Kier alpha value is -3.26. The summed E-state index contributed by atoms with van der Waals surface area (Å²) in [5.41, 5.74) is 3.93. The number of nitrogens with zero attached hydrogens (tertiary/aromatic N) is 6. The number of morpholine rings is 1. The highest BCUT2D eigenvalue weighted by atomic mass is 16.5. The van der Waals surface area contributed by atoms with Gasteiger partial charge in [-0.2, -0.15) is 14.7 Å². The van der Waals surface area contributed by atoms with Gasteiger partial charge in [0.2, 0.25) is 0 Å². The lowest BCUT2D eigenvalue weighted by molar-refractivity contribution is 0.122. The van der Waals surface area contributed by atoms with E-state index >= 15 is 0 Å². The third-order valence-electron chi connectivity index (χ3n) is 4.94. The van der Waals surface area contributed by atoms with E-state index < -0.39 is 0 Å². The minimum atomic E-state index is 0.502. The van der Waals surface area contributed by atoms with Crippen molar-refractivity contribution in [1.29, 1.82) is 0 Å². The summed E-state index contributed by atoms with van der Waals surface area (Å²) >= 11 is 0. The van der Waals surface area contributed by atoms with Gasteiger partial charge in [-0.15, -0.1) is 5.11 Å². The van der Waals surface area contributed by atoms with E-state index in [0.717, 1.165) is 41.3 Å². The van der Waals surface area contributed by atoms with Gasteiger partial charge in [-0.05, 0) is 13.0 Å². The molecular weight excluding hydrogens is 354 g/mol. The van der Waals surface area contributed by atoms with Gasteiger partial charge in [-0.1, -0.05) is 18.2 Å². The van der Waals surface area contributed by atoms with Crippen LogP contribution < -0.4 is 4.90 Å². The normalized spacial score (nSPS) is 15.2. The first kappa shape index (κ1) is 16.9. The molecule has 1 aliphatic heterocycles. The molecule has 1 fully saturated rings. The number of hydrogen-bond acceptors (Lipinski definition) is 6. The molecule has 4 heterocycles. The van der Waals surface area contributed by atoms with E-state index in [1.807, 2.05) is 41.9 Å². The Kier molecular flexibility index (Phi) is 4.25. The molecule has 0 spiro atoms. The van der Waals surface area contributed by atoms with Crippen LogP contribution >= 0.6 is 0 Å². The number of azo groups is 1. The molecule has 0 atom stereocenters. The maximum absolute atomic E-state index is 5.48. The molecule has 5 rings (SSSR count). The molecule has 0 bridgehead atoms. The van der Waals surface area contributed by atoms with Crippen molar-refractivity contribution in [3.63, 3.8) is 0 Å². The first-order chi connectivity index (χ1) is 13.8. The second-order valence-electron chi connectivity index (χ2n) is 6.89. The van der Waals surface area contributed by atoms with Crippen LogP contribution in [0, 0.1) is 6.92 Å².